The minimum absolute atomic E-state index is 0.168. The Morgan fingerprint density at radius 1 is 1.19 bits per heavy atom. The Bertz CT molecular complexity index is 928. The summed E-state index contributed by atoms with van der Waals surface area (Å²) in [7, 11) is 1.93. The number of hydrogen-bond acceptors (Lipinski definition) is 4. The summed E-state index contributed by atoms with van der Waals surface area (Å²) in [4.78, 5) is 19.6. The maximum Gasteiger partial charge on any atom is 0.263 e. The van der Waals surface area contributed by atoms with Crippen LogP contribution in [0.5, 0.6) is 0 Å². The number of amides is 1. The van der Waals surface area contributed by atoms with Crippen LogP contribution in [0, 0.1) is 6.92 Å². The van der Waals surface area contributed by atoms with Crippen molar-refractivity contribution in [2.45, 2.75) is 13.5 Å². The van der Waals surface area contributed by atoms with E-state index in [0.29, 0.717) is 27.2 Å². The molecule has 0 unspecified atom stereocenters. The first-order valence-corrected chi connectivity index (χ1v) is 9.51. The minimum atomic E-state index is -0.168. The van der Waals surface area contributed by atoms with Gasteiger partial charge < -0.3 is 10.2 Å². The van der Waals surface area contributed by atoms with Crippen LogP contribution in [0.2, 0.25) is 10.0 Å². The summed E-state index contributed by atoms with van der Waals surface area (Å²) in [5.41, 5.74) is 2.53. The number of carbonyl (C=O) groups excluding carboxylic acids is 1. The Morgan fingerprint density at radius 3 is 2.62 bits per heavy atom. The number of anilines is 2. The fraction of sp³-hybridized carbons (Fsp3) is 0.158. The van der Waals surface area contributed by atoms with Crippen LogP contribution in [0.15, 0.2) is 48.5 Å². The summed E-state index contributed by atoms with van der Waals surface area (Å²) in [6, 6.07) is 15.1. The second-order valence-corrected chi connectivity index (χ2v) is 7.55. The number of halogens is 2. The number of carbonyl (C=O) groups is 1. The van der Waals surface area contributed by atoms with Gasteiger partial charge in [0.05, 0.1) is 5.69 Å². The van der Waals surface area contributed by atoms with Crippen molar-refractivity contribution >= 4 is 51.3 Å². The third-order valence-corrected chi connectivity index (χ3v) is 5.70. The summed E-state index contributed by atoms with van der Waals surface area (Å²) in [6.45, 7) is 2.17. The monoisotopic (exact) mass is 405 g/mol. The van der Waals surface area contributed by atoms with Gasteiger partial charge in [0.25, 0.3) is 5.91 Å². The van der Waals surface area contributed by atoms with Crippen molar-refractivity contribution in [1.82, 2.24) is 10.3 Å². The van der Waals surface area contributed by atoms with Gasteiger partial charge in [0.15, 0.2) is 5.13 Å². The zero-order valence-electron chi connectivity index (χ0n) is 14.3. The van der Waals surface area contributed by atoms with Crippen LogP contribution in [0.25, 0.3) is 0 Å². The molecule has 0 saturated heterocycles. The fourth-order valence-electron chi connectivity index (χ4n) is 2.42. The second kappa shape index (κ2) is 8.08. The maximum absolute atomic E-state index is 12.6. The van der Waals surface area contributed by atoms with Crippen molar-refractivity contribution in [1.29, 1.82) is 0 Å². The summed E-state index contributed by atoms with van der Waals surface area (Å²) >= 11 is 13.4. The molecular weight excluding hydrogens is 389 g/mol. The quantitative estimate of drug-likeness (QED) is 0.612. The van der Waals surface area contributed by atoms with Crippen LogP contribution in [-0.4, -0.2) is 17.9 Å². The van der Waals surface area contributed by atoms with Gasteiger partial charge in [0, 0.05) is 29.3 Å². The molecule has 3 aromatic rings. The molecular formula is C19H17Cl2N3OS. The highest BCUT2D eigenvalue weighted by Gasteiger charge is 2.18. The summed E-state index contributed by atoms with van der Waals surface area (Å²) < 4.78 is 0. The zero-order chi connectivity index (χ0) is 18.7. The van der Waals surface area contributed by atoms with E-state index in [1.807, 2.05) is 49.2 Å². The van der Waals surface area contributed by atoms with Crippen molar-refractivity contribution in [3.8, 4) is 0 Å². The van der Waals surface area contributed by atoms with Crippen molar-refractivity contribution in [2.24, 2.45) is 0 Å². The lowest BCUT2D eigenvalue weighted by Crippen LogP contribution is -2.22. The van der Waals surface area contributed by atoms with Crippen LogP contribution < -0.4 is 10.2 Å². The smallest absolute Gasteiger partial charge is 0.263 e. The Labute approximate surface area is 166 Å². The van der Waals surface area contributed by atoms with E-state index in [1.54, 1.807) is 18.2 Å². The van der Waals surface area contributed by atoms with Crippen molar-refractivity contribution in [2.75, 3.05) is 11.9 Å². The van der Waals surface area contributed by atoms with Gasteiger partial charge >= 0.3 is 0 Å². The SMILES string of the molecule is Cc1nc(N(C)c2ccccc2)sc1C(=O)NCc1ccc(Cl)cc1Cl. The second-order valence-electron chi connectivity index (χ2n) is 5.72. The summed E-state index contributed by atoms with van der Waals surface area (Å²) in [5, 5.41) is 4.76. The van der Waals surface area contributed by atoms with E-state index in [9.17, 15) is 4.79 Å². The van der Waals surface area contributed by atoms with Gasteiger partial charge in [-0.3, -0.25) is 4.79 Å². The van der Waals surface area contributed by atoms with Crippen LogP contribution >= 0.6 is 34.5 Å². The molecule has 1 N–H and O–H groups in total. The molecule has 0 aliphatic rings. The van der Waals surface area contributed by atoms with Gasteiger partial charge in [-0.1, -0.05) is 58.8 Å². The third kappa shape index (κ3) is 4.18. The fourth-order valence-corrected chi connectivity index (χ4v) is 3.86. The maximum atomic E-state index is 12.6. The molecule has 0 aliphatic heterocycles. The first kappa shape index (κ1) is 18.7. The molecule has 1 aromatic heterocycles. The van der Waals surface area contributed by atoms with Gasteiger partial charge in [-0.15, -0.1) is 0 Å². The van der Waals surface area contributed by atoms with Gasteiger partial charge in [-0.25, -0.2) is 4.98 Å². The highest BCUT2D eigenvalue weighted by Crippen LogP contribution is 2.30. The Hall–Kier alpha value is -2.08. The highest BCUT2D eigenvalue weighted by molar-refractivity contribution is 7.17. The van der Waals surface area contributed by atoms with E-state index >= 15 is 0 Å². The molecule has 0 spiro atoms. The molecule has 26 heavy (non-hydrogen) atoms. The van der Waals surface area contributed by atoms with E-state index in [1.165, 1.54) is 11.3 Å². The zero-order valence-corrected chi connectivity index (χ0v) is 16.6. The van der Waals surface area contributed by atoms with Gasteiger partial charge in [0.1, 0.15) is 4.88 Å². The number of nitrogens with zero attached hydrogens (tertiary/aromatic N) is 2. The number of para-hydroxylation sites is 1. The molecule has 0 radical (unpaired) electrons. The van der Waals surface area contributed by atoms with Crippen LogP contribution in [0.3, 0.4) is 0 Å². The van der Waals surface area contributed by atoms with Gasteiger partial charge in [-0.05, 0) is 36.8 Å². The number of benzene rings is 2. The van der Waals surface area contributed by atoms with Crippen LogP contribution in [-0.2, 0) is 6.54 Å². The molecule has 1 amide bonds. The number of hydrogen-bond donors (Lipinski definition) is 1. The highest BCUT2D eigenvalue weighted by atomic mass is 35.5. The standard InChI is InChI=1S/C19H17Cl2N3OS/c1-12-17(18(25)22-11-13-8-9-14(20)10-16(13)21)26-19(23-12)24(2)15-6-4-3-5-7-15/h3-10H,11H2,1-2H3,(H,22,25). The first-order valence-electron chi connectivity index (χ1n) is 7.94. The van der Waals surface area contributed by atoms with E-state index < -0.39 is 0 Å². The average molecular weight is 406 g/mol. The number of thiazole rings is 1. The Morgan fingerprint density at radius 2 is 1.92 bits per heavy atom. The number of nitrogens with one attached hydrogen (secondary N) is 1. The van der Waals surface area contributed by atoms with E-state index in [0.717, 1.165) is 16.4 Å². The predicted molar refractivity (Wildman–Crippen MR) is 109 cm³/mol. The minimum Gasteiger partial charge on any atom is -0.347 e. The molecule has 1 heterocycles. The largest absolute Gasteiger partial charge is 0.347 e. The Kier molecular flexibility index (Phi) is 5.81. The third-order valence-electron chi connectivity index (χ3n) is 3.88. The van der Waals surface area contributed by atoms with E-state index in [2.05, 4.69) is 10.3 Å². The van der Waals surface area contributed by atoms with Crippen LogP contribution in [0.1, 0.15) is 20.9 Å². The average Bonchev–Trinajstić information content (AvgIpc) is 3.02. The molecule has 0 fully saturated rings. The topological polar surface area (TPSA) is 45.2 Å². The molecule has 0 atom stereocenters. The van der Waals surface area contributed by atoms with E-state index in [4.69, 9.17) is 23.2 Å². The summed E-state index contributed by atoms with van der Waals surface area (Å²) in [6.07, 6.45) is 0. The predicted octanol–water partition coefficient (Wildman–Crippen LogP) is 5.46. The molecule has 4 nitrogen and oxygen atoms in total. The summed E-state index contributed by atoms with van der Waals surface area (Å²) in [5.74, 6) is -0.168. The normalized spacial score (nSPS) is 10.6. The van der Waals surface area contributed by atoms with Crippen LogP contribution in [0.4, 0.5) is 10.8 Å². The molecule has 7 heteroatoms. The van der Waals surface area contributed by atoms with E-state index in [-0.39, 0.29) is 5.91 Å². The molecule has 0 bridgehead atoms. The molecule has 0 saturated carbocycles. The number of aromatic nitrogens is 1. The van der Waals surface area contributed by atoms with Gasteiger partial charge in [-0.2, -0.15) is 0 Å². The van der Waals surface area contributed by atoms with Gasteiger partial charge in [0.2, 0.25) is 0 Å². The molecule has 134 valence electrons. The van der Waals surface area contributed by atoms with Crippen molar-refractivity contribution < 1.29 is 4.79 Å². The molecule has 3 rings (SSSR count). The lowest BCUT2D eigenvalue weighted by molar-refractivity contribution is 0.0954. The van der Waals surface area contributed by atoms with Crippen molar-refractivity contribution in [3.05, 3.63) is 74.7 Å². The molecule has 2 aromatic carbocycles. The first-order chi connectivity index (χ1) is 12.5. The number of rotatable bonds is 5. The van der Waals surface area contributed by atoms with Crippen molar-refractivity contribution in [3.63, 3.8) is 0 Å². The number of aryl methyl sites for hydroxylation is 1. The Balaban J connectivity index is 1.73. The molecule has 0 aliphatic carbocycles. The lowest BCUT2D eigenvalue weighted by Gasteiger charge is -2.15. The lowest BCUT2D eigenvalue weighted by atomic mass is 10.2.